The highest BCUT2D eigenvalue weighted by Gasteiger charge is 2.17. The van der Waals surface area contributed by atoms with Crippen LogP contribution in [0.2, 0.25) is 0 Å². The second-order valence-electron chi connectivity index (χ2n) is 3.50. The van der Waals surface area contributed by atoms with Crippen LogP contribution in [0.5, 0.6) is 0 Å². The minimum absolute atomic E-state index is 0.546. The van der Waals surface area contributed by atoms with E-state index in [0.29, 0.717) is 6.54 Å². The molecule has 1 unspecified atom stereocenters. The Kier molecular flexibility index (Phi) is 6.03. The van der Waals surface area contributed by atoms with E-state index in [4.69, 9.17) is 0 Å². The minimum atomic E-state index is -0.546. The molecule has 0 saturated carbocycles. The first kappa shape index (κ1) is 11.7. The number of nitrogens with one attached hydrogen (secondary N) is 1. The van der Waals surface area contributed by atoms with Crippen LogP contribution >= 0.6 is 0 Å². The molecular weight excluding hydrogens is 150 g/mol. The maximum atomic E-state index is 9.73. The minimum Gasteiger partial charge on any atom is -0.389 e. The van der Waals surface area contributed by atoms with E-state index in [2.05, 4.69) is 18.8 Å². The summed E-state index contributed by atoms with van der Waals surface area (Å²) in [5.74, 6) is 0. The summed E-state index contributed by atoms with van der Waals surface area (Å²) < 4.78 is 0. The molecule has 0 amide bonds. The maximum absolute atomic E-state index is 9.73. The Labute approximate surface area is 75.7 Å². The summed E-state index contributed by atoms with van der Waals surface area (Å²) in [6.45, 7) is 9.16. The topological polar surface area (TPSA) is 32.3 Å². The number of hydrogen-bond acceptors (Lipinski definition) is 2. The third kappa shape index (κ3) is 6.38. The van der Waals surface area contributed by atoms with Gasteiger partial charge in [0.25, 0.3) is 0 Å². The number of aliphatic hydroxyl groups is 1. The molecule has 0 saturated heterocycles. The van der Waals surface area contributed by atoms with Crippen molar-refractivity contribution in [3.05, 3.63) is 12.7 Å². The van der Waals surface area contributed by atoms with Crippen LogP contribution < -0.4 is 5.32 Å². The highest BCUT2D eigenvalue weighted by molar-refractivity contribution is 4.76. The van der Waals surface area contributed by atoms with Gasteiger partial charge in [-0.1, -0.05) is 19.4 Å². The quantitative estimate of drug-likeness (QED) is 0.451. The first-order chi connectivity index (χ1) is 5.62. The van der Waals surface area contributed by atoms with Crippen molar-refractivity contribution >= 4 is 0 Å². The van der Waals surface area contributed by atoms with Crippen molar-refractivity contribution in [3.63, 3.8) is 0 Å². The maximum Gasteiger partial charge on any atom is 0.0743 e. The molecule has 0 bridgehead atoms. The second-order valence-corrected chi connectivity index (χ2v) is 3.50. The first-order valence-corrected chi connectivity index (χ1v) is 4.66. The summed E-state index contributed by atoms with van der Waals surface area (Å²) in [7, 11) is 0. The summed E-state index contributed by atoms with van der Waals surface area (Å²) in [5, 5.41) is 12.9. The fourth-order valence-electron chi connectivity index (χ4n) is 1.19. The molecule has 2 N–H and O–H groups in total. The van der Waals surface area contributed by atoms with Gasteiger partial charge in [0.15, 0.2) is 0 Å². The SMILES string of the molecule is C=CCCNCC(C)(O)CCC. The van der Waals surface area contributed by atoms with Crippen molar-refractivity contribution in [1.82, 2.24) is 5.32 Å². The fraction of sp³-hybridized carbons (Fsp3) is 0.800. The lowest BCUT2D eigenvalue weighted by Crippen LogP contribution is -2.37. The molecule has 72 valence electrons. The van der Waals surface area contributed by atoms with E-state index < -0.39 is 5.60 Å². The fourth-order valence-corrected chi connectivity index (χ4v) is 1.19. The van der Waals surface area contributed by atoms with Gasteiger partial charge in [0.05, 0.1) is 5.60 Å². The van der Waals surface area contributed by atoms with Crippen molar-refractivity contribution in [2.45, 2.75) is 38.7 Å². The Morgan fingerprint density at radius 3 is 2.75 bits per heavy atom. The van der Waals surface area contributed by atoms with E-state index in [1.165, 1.54) is 0 Å². The molecule has 0 aromatic rings. The van der Waals surface area contributed by atoms with Crippen molar-refractivity contribution in [3.8, 4) is 0 Å². The van der Waals surface area contributed by atoms with Gasteiger partial charge >= 0.3 is 0 Å². The molecule has 0 rings (SSSR count). The lowest BCUT2D eigenvalue weighted by Gasteiger charge is -2.22. The third-order valence-electron chi connectivity index (χ3n) is 1.82. The first-order valence-electron chi connectivity index (χ1n) is 4.66. The zero-order valence-corrected chi connectivity index (χ0v) is 8.27. The molecule has 0 fully saturated rings. The van der Waals surface area contributed by atoms with E-state index >= 15 is 0 Å². The van der Waals surface area contributed by atoms with E-state index in [1.54, 1.807) is 0 Å². The average molecular weight is 171 g/mol. The lowest BCUT2D eigenvalue weighted by atomic mass is 10.0. The molecule has 0 aromatic heterocycles. The molecule has 0 radical (unpaired) electrons. The van der Waals surface area contributed by atoms with Crippen LogP contribution in [0.3, 0.4) is 0 Å². The molecule has 0 heterocycles. The van der Waals surface area contributed by atoms with Crippen LogP contribution in [0.15, 0.2) is 12.7 Å². The van der Waals surface area contributed by atoms with E-state index in [1.807, 2.05) is 13.0 Å². The molecule has 0 aliphatic carbocycles. The van der Waals surface area contributed by atoms with Gasteiger partial charge in [0.1, 0.15) is 0 Å². The summed E-state index contributed by atoms with van der Waals surface area (Å²) in [4.78, 5) is 0. The van der Waals surface area contributed by atoms with Crippen molar-refractivity contribution < 1.29 is 5.11 Å². The zero-order chi connectivity index (χ0) is 9.45. The van der Waals surface area contributed by atoms with E-state index in [-0.39, 0.29) is 0 Å². The summed E-state index contributed by atoms with van der Waals surface area (Å²) in [6, 6.07) is 0. The van der Waals surface area contributed by atoms with Gasteiger partial charge in [-0.2, -0.15) is 0 Å². The highest BCUT2D eigenvalue weighted by Crippen LogP contribution is 2.09. The zero-order valence-electron chi connectivity index (χ0n) is 8.27. The van der Waals surface area contributed by atoms with Crippen molar-refractivity contribution in [2.75, 3.05) is 13.1 Å². The van der Waals surface area contributed by atoms with Gasteiger partial charge in [-0.3, -0.25) is 0 Å². The van der Waals surface area contributed by atoms with Crippen LogP contribution in [0.1, 0.15) is 33.1 Å². The van der Waals surface area contributed by atoms with Crippen LogP contribution in [0.4, 0.5) is 0 Å². The molecule has 0 aliphatic heterocycles. The molecule has 2 nitrogen and oxygen atoms in total. The second kappa shape index (κ2) is 6.21. The van der Waals surface area contributed by atoms with Crippen LogP contribution in [-0.4, -0.2) is 23.8 Å². The van der Waals surface area contributed by atoms with E-state index in [9.17, 15) is 5.11 Å². The molecule has 0 aromatic carbocycles. The van der Waals surface area contributed by atoms with Gasteiger partial charge < -0.3 is 10.4 Å². The van der Waals surface area contributed by atoms with Gasteiger partial charge in [0.2, 0.25) is 0 Å². The molecule has 0 aliphatic rings. The average Bonchev–Trinajstić information content (AvgIpc) is 1.98. The smallest absolute Gasteiger partial charge is 0.0743 e. The Bertz CT molecular complexity index is 121. The largest absolute Gasteiger partial charge is 0.389 e. The standard InChI is InChI=1S/C10H21NO/c1-4-6-8-11-9-10(3,12)7-5-2/h4,11-12H,1,5-9H2,2-3H3. The van der Waals surface area contributed by atoms with Crippen LogP contribution in [-0.2, 0) is 0 Å². The molecule has 0 spiro atoms. The number of rotatable bonds is 7. The summed E-state index contributed by atoms with van der Waals surface area (Å²) in [5.41, 5.74) is -0.546. The van der Waals surface area contributed by atoms with Gasteiger partial charge in [-0.25, -0.2) is 0 Å². The lowest BCUT2D eigenvalue weighted by molar-refractivity contribution is 0.0504. The Balaban J connectivity index is 3.39. The monoisotopic (exact) mass is 171 g/mol. The Morgan fingerprint density at radius 1 is 1.58 bits per heavy atom. The normalized spacial score (nSPS) is 15.6. The van der Waals surface area contributed by atoms with Gasteiger partial charge in [0, 0.05) is 6.54 Å². The van der Waals surface area contributed by atoms with E-state index in [0.717, 1.165) is 25.8 Å². The Hall–Kier alpha value is -0.340. The Morgan fingerprint density at radius 2 is 2.25 bits per heavy atom. The predicted molar refractivity (Wildman–Crippen MR) is 53.2 cm³/mol. The van der Waals surface area contributed by atoms with Crippen molar-refractivity contribution in [2.24, 2.45) is 0 Å². The molecule has 12 heavy (non-hydrogen) atoms. The molecule has 2 heteroatoms. The predicted octanol–water partition coefficient (Wildman–Crippen LogP) is 1.70. The third-order valence-corrected chi connectivity index (χ3v) is 1.82. The van der Waals surface area contributed by atoms with Crippen LogP contribution in [0.25, 0.3) is 0 Å². The van der Waals surface area contributed by atoms with Crippen molar-refractivity contribution in [1.29, 1.82) is 0 Å². The van der Waals surface area contributed by atoms with Crippen LogP contribution in [0, 0.1) is 0 Å². The number of hydrogen-bond donors (Lipinski definition) is 2. The molecular formula is C10H21NO. The van der Waals surface area contributed by atoms with Gasteiger partial charge in [-0.15, -0.1) is 6.58 Å². The molecule has 1 atom stereocenters. The highest BCUT2D eigenvalue weighted by atomic mass is 16.3. The summed E-state index contributed by atoms with van der Waals surface area (Å²) >= 11 is 0. The summed E-state index contributed by atoms with van der Waals surface area (Å²) in [6.07, 6.45) is 4.72. The van der Waals surface area contributed by atoms with Gasteiger partial charge in [-0.05, 0) is 26.3 Å².